The average molecular weight is 201 g/mol. The lowest BCUT2D eigenvalue weighted by Crippen LogP contribution is -2.19. The highest BCUT2D eigenvalue weighted by Gasteiger charge is 2.20. The zero-order valence-corrected chi connectivity index (χ0v) is 9.59. The van der Waals surface area contributed by atoms with Crippen molar-refractivity contribution in [2.75, 3.05) is 6.54 Å². The molecule has 1 N–H and O–H groups in total. The van der Waals surface area contributed by atoms with E-state index in [1.165, 1.54) is 24.0 Å². The van der Waals surface area contributed by atoms with Gasteiger partial charge in [-0.15, -0.1) is 6.42 Å². The minimum absolute atomic E-state index is 0.479. The van der Waals surface area contributed by atoms with E-state index in [0.29, 0.717) is 12.6 Å². The normalized spacial score (nSPS) is 17.3. The fourth-order valence-electron chi connectivity index (χ4n) is 1.95. The van der Waals surface area contributed by atoms with Gasteiger partial charge in [0.2, 0.25) is 0 Å². The standard InChI is InChI=1S/C12H13N.C2H6/c1-2-9-13-12-8-7-10-5-3-4-6-11(10)12;1-2/h1,3-6,12-13H,7-9H2;1-2H3. The lowest BCUT2D eigenvalue weighted by atomic mass is 10.1. The van der Waals surface area contributed by atoms with E-state index in [-0.39, 0.29) is 0 Å². The van der Waals surface area contributed by atoms with Crippen LogP contribution in [0.15, 0.2) is 24.3 Å². The first kappa shape index (κ1) is 11.8. The van der Waals surface area contributed by atoms with Crippen LogP contribution in [0.3, 0.4) is 0 Å². The molecule has 0 fully saturated rings. The summed E-state index contributed by atoms with van der Waals surface area (Å²) in [7, 11) is 0. The van der Waals surface area contributed by atoms with Gasteiger partial charge in [0.25, 0.3) is 0 Å². The Hall–Kier alpha value is -1.26. The van der Waals surface area contributed by atoms with E-state index in [1.54, 1.807) is 0 Å². The third-order valence-corrected chi connectivity index (χ3v) is 2.58. The number of aryl methyl sites for hydroxylation is 1. The molecule has 1 aliphatic carbocycles. The number of hydrogen-bond donors (Lipinski definition) is 1. The van der Waals surface area contributed by atoms with Crippen molar-refractivity contribution in [3.8, 4) is 12.3 Å². The van der Waals surface area contributed by atoms with Crippen molar-refractivity contribution in [1.82, 2.24) is 5.32 Å². The molecular formula is C14H19N. The number of hydrogen-bond acceptors (Lipinski definition) is 1. The van der Waals surface area contributed by atoms with E-state index in [4.69, 9.17) is 6.42 Å². The van der Waals surface area contributed by atoms with Crippen molar-refractivity contribution in [2.45, 2.75) is 32.7 Å². The zero-order chi connectivity index (χ0) is 11.1. The van der Waals surface area contributed by atoms with Crippen molar-refractivity contribution >= 4 is 0 Å². The summed E-state index contributed by atoms with van der Waals surface area (Å²) < 4.78 is 0. The largest absolute Gasteiger partial charge is 0.299 e. The van der Waals surface area contributed by atoms with Crippen molar-refractivity contribution in [3.05, 3.63) is 35.4 Å². The highest BCUT2D eigenvalue weighted by Crippen LogP contribution is 2.30. The van der Waals surface area contributed by atoms with Crippen LogP contribution in [0.1, 0.15) is 37.4 Å². The second kappa shape index (κ2) is 6.27. The predicted octanol–water partition coefficient (Wildman–Crippen LogP) is 2.92. The second-order valence-electron chi connectivity index (χ2n) is 3.38. The molecule has 0 saturated carbocycles. The van der Waals surface area contributed by atoms with Crippen LogP contribution in [0, 0.1) is 12.3 Å². The van der Waals surface area contributed by atoms with E-state index in [2.05, 4.69) is 35.5 Å². The van der Waals surface area contributed by atoms with Gasteiger partial charge >= 0.3 is 0 Å². The molecule has 0 heterocycles. The summed E-state index contributed by atoms with van der Waals surface area (Å²) in [6.07, 6.45) is 7.57. The maximum Gasteiger partial charge on any atom is 0.0578 e. The molecule has 0 spiro atoms. The van der Waals surface area contributed by atoms with Crippen molar-refractivity contribution in [3.63, 3.8) is 0 Å². The van der Waals surface area contributed by atoms with Gasteiger partial charge in [-0.1, -0.05) is 44.0 Å². The van der Waals surface area contributed by atoms with Gasteiger partial charge in [0, 0.05) is 6.04 Å². The van der Waals surface area contributed by atoms with Crippen molar-refractivity contribution in [1.29, 1.82) is 0 Å². The summed E-state index contributed by atoms with van der Waals surface area (Å²) in [6, 6.07) is 9.06. The Labute approximate surface area is 92.9 Å². The third kappa shape index (κ3) is 2.84. The number of nitrogens with one attached hydrogen (secondary N) is 1. The summed E-state index contributed by atoms with van der Waals surface area (Å²) in [6.45, 7) is 4.67. The molecule has 1 nitrogen and oxygen atoms in total. The number of rotatable bonds is 2. The molecule has 1 aliphatic rings. The molecule has 1 atom stereocenters. The fraction of sp³-hybridized carbons (Fsp3) is 0.429. The molecule has 15 heavy (non-hydrogen) atoms. The Kier molecular flexibility index (Phi) is 4.93. The highest BCUT2D eigenvalue weighted by atomic mass is 14.9. The van der Waals surface area contributed by atoms with Gasteiger partial charge in [0.1, 0.15) is 0 Å². The van der Waals surface area contributed by atoms with Crippen LogP contribution in [0.2, 0.25) is 0 Å². The lowest BCUT2D eigenvalue weighted by Gasteiger charge is -2.10. The van der Waals surface area contributed by atoms with E-state index >= 15 is 0 Å². The highest BCUT2D eigenvalue weighted by molar-refractivity contribution is 5.34. The number of benzene rings is 1. The molecule has 0 saturated heterocycles. The molecule has 0 aromatic heterocycles. The van der Waals surface area contributed by atoms with Gasteiger partial charge in [0.05, 0.1) is 6.54 Å². The Balaban J connectivity index is 0.000000531. The predicted molar refractivity (Wildman–Crippen MR) is 65.7 cm³/mol. The van der Waals surface area contributed by atoms with Crippen LogP contribution in [0.5, 0.6) is 0 Å². The van der Waals surface area contributed by atoms with E-state index in [9.17, 15) is 0 Å². The molecule has 1 aromatic carbocycles. The van der Waals surface area contributed by atoms with Crippen molar-refractivity contribution < 1.29 is 0 Å². The summed E-state index contributed by atoms with van der Waals surface area (Å²) in [5.74, 6) is 2.61. The summed E-state index contributed by atoms with van der Waals surface area (Å²) in [5, 5.41) is 3.35. The van der Waals surface area contributed by atoms with Crippen LogP contribution in [0.25, 0.3) is 0 Å². The third-order valence-electron chi connectivity index (χ3n) is 2.58. The van der Waals surface area contributed by atoms with E-state index < -0.39 is 0 Å². The molecule has 2 rings (SSSR count). The summed E-state index contributed by atoms with van der Waals surface area (Å²) in [4.78, 5) is 0. The lowest BCUT2D eigenvalue weighted by molar-refractivity contribution is 0.568. The van der Waals surface area contributed by atoms with E-state index in [0.717, 1.165) is 0 Å². The zero-order valence-electron chi connectivity index (χ0n) is 9.59. The van der Waals surface area contributed by atoms with Crippen LogP contribution in [0.4, 0.5) is 0 Å². The average Bonchev–Trinajstić information content (AvgIpc) is 2.72. The first-order valence-corrected chi connectivity index (χ1v) is 5.66. The molecule has 1 unspecified atom stereocenters. The maximum atomic E-state index is 5.21. The smallest absolute Gasteiger partial charge is 0.0578 e. The Morgan fingerprint density at radius 1 is 1.40 bits per heavy atom. The number of fused-ring (bicyclic) bond motifs is 1. The molecule has 0 aliphatic heterocycles. The van der Waals surface area contributed by atoms with Gasteiger partial charge in [-0.2, -0.15) is 0 Å². The van der Waals surface area contributed by atoms with Gasteiger partial charge in [-0.05, 0) is 24.0 Å². The number of terminal acetylenes is 1. The van der Waals surface area contributed by atoms with Gasteiger partial charge in [-0.25, -0.2) is 0 Å². The monoisotopic (exact) mass is 201 g/mol. The Morgan fingerprint density at radius 3 is 2.87 bits per heavy atom. The second-order valence-corrected chi connectivity index (χ2v) is 3.38. The SMILES string of the molecule is C#CCNC1CCc2ccccc21.CC. The molecule has 1 aromatic rings. The molecular weight excluding hydrogens is 182 g/mol. The van der Waals surface area contributed by atoms with Gasteiger partial charge in [0.15, 0.2) is 0 Å². The summed E-state index contributed by atoms with van der Waals surface area (Å²) >= 11 is 0. The van der Waals surface area contributed by atoms with Crippen LogP contribution in [-0.4, -0.2) is 6.54 Å². The maximum absolute atomic E-state index is 5.21. The Morgan fingerprint density at radius 2 is 2.13 bits per heavy atom. The van der Waals surface area contributed by atoms with Crippen LogP contribution >= 0.6 is 0 Å². The molecule has 80 valence electrons. The molecule has 0 amide bonds. The molecule has 1 heteroatoms. The van der Waals surface area contributed by atoms with Crippen molar-refractivity contribution in [2.24, 2.45) is 0 Å². The minimum atomic E-state index is 0.479. The van der Waals surface area contributed by atoms with E-state index in [1.807, 2.05) is 13.8 Å². The van der Waals surface area contributed by atoms with Crippen LogP contribution < -0.4 is 5.32 Å². The first-order chi connectivity index (χ1) is 7.42. The quantitative estimate of drug-likeness (QED) is 0.725. The minimum Gasteiger partial charge on any atom is -0.299 e. The van der Waals surface area contributed by atoms with Crippen LogP contribution in [-0.2, 0) is 6.42 Å². The first-order valence-electron chi connectivity index (χ1n) is 5.66. The van der Waals surface area contributed by atoms with Gasteiger partial charge in [-0.3, -0.25) is 5.32 Å². The molecule has 0 radical (unpaired) electrons. The summed E-state index contributed by atoms with van der Waals surface area (Å²) in [5.41, 5.74) is 2.90. The van der Waals surface area contributed by atoms with Gasteiger partial charge < -0.3 is 0 Å². The fourth-order valence-corrected chi connectivity index (χ4v) is 1.95. The topological polar surface area (TPSA) is 12.0 Å². The molecule has 0 bridgehead atoms. The Bertz CT molecular complexity index is 335.